The number of halogens is 7. The zero-order valence-corrected chi connectivity index (χ0v) is 12.1. The molecule has 0 atom stereocenters. The van der Waals surface area contributed by atoms with Gasteiger partial charge in [-0.1, -0.05) is 12.2 Å². The van der Waals surface area contributed by atoms with Gasteiger partial charge < -0.3 is 4.74 Å². The van der Waals surface area contributed by atoms with E-state index in [-0.39, 0.29) is 12.5 Å². The van der Waals surface area contributed by atoms with Gasteiger partial charge in [0.15, 0.2) is 5.76 Å². The summed E-state index contributed by atoms with van der Waals surface area (Å²) >= 11 is 0. The molecule has 0 spiro atoms. The van der Waals surface area contributed by atoms with Crippen molar-refractivity contribution < 1.29 is 40.3 Å². The Morgan fingerprint density at radius 1 is 1.08 bits per heavy atom. The van der Waals surface area contributed by atoms with Crippen molar-refractivity contribution in [2.75, 3.05) is 0 Å². The van der Waals surface area contributed by atoms with Gasteiger partial charge in [0.1, 0.15) is 5.82 Å². The first kappa shape index (κ1) is 18.7. The molecule has 10 heteroatoms. The third-order valence-electron chi connectivity index (χ3n) is 2.91. The maximum Gasteiger partial charge on any atom is 0.573 e. The van der Waals surface area contributed by atoms with Crippen LogP contribution >= 0.6 is 0 Å². The smallest absolute Gasteiger partial charge is 0.404 e. The van der Waals surface area contributed by atoms with Crippen LogP contribution in [0.15, 0.2) is 47.2 Å². The molecule has 0 saturated carbocycles. The number of aliphatic imine (C=N–C) groups is 1. The molecule has 1 aromatic carbocycles. The van der Waals surface area contributed by atoms with E-state index >= 15 is 0 Å². The number of amides is 1. The lowest BCUT2D eigenvalue weighted by Gasteiger charge is -2.15. The molecular formula is C15H8F7NO2. The molecule has 1 aliphatic carbocycles. The van der Waals surface area contributed by atoms with Crippen LogP contribution in [0.4, 0.5) is 30.7 Å². The van der Waals surface area contributed by atoms with Crippen molar-refractivity contribution in [3.8, 4) is 0 Å². The Balaban J connectivity index is 2.35. The average Bonchev–Trinajstić information content (AvgIpc) is 2.46. The summed E-state index contributed by atoms with van der Waals surface area (Å²) in [5, 5.41) is 0. The molecule has 1 aromatic rings. The predicted molar refractivity (Wildman–Crippen MR) is 72.1 cm³/mol. The fourth-order valence-electron chi connectivity index (χ4n) is 1.91. The van der Waals surface area contributed by atoms with Gasteiger partial charge in [-0.3, -0.25) is 4.79 Å². The molecule has 0 heterocycles. The molecule has 0 saturated heterocycles. The zero-order chi connectivity index (χ0) is 18.8. The summed E-state index contributed by atoms with van der Waals surface area (Å²) < 4.78 is 91.9. The first-order valence-corrected chi connectivity index (χ1v) is 6.58. The quantitative estimate of drug-likeness (QED) is 0.704. The molecule has 0 N–H and O–H groups in total. The summed E-state index contributed by atoms with van der Waals surface area (Å²) in [7, 11) is 0. The number of allylic oxidation sites excluding steroid dienone is 4. The molecule has 3 nitrogen and oxygen atoms in total. The number of benzene rings is 1. The van der Waals surface area contributed by atoms with E-state index in [1.54, 1.807) is 0 Å². The van der Waals surface area contributed by atoms with Crippen LogP contribution in [0.1, 0.15) is 22.3 Å². The Morgan fingerprint density at radius 3 is 2.36 bits per heavy atom. The van der Waals surface area contributed by atoms with Crippen molar-refractivity contribution in [2.45, 2.75) is 19.0 Å². The van der Waals surface area contributed by atoms with Gasteiger partial charge >= 0.3 is 12.5 Å². The number of nitrogens with zero attached hydrogens (tertiary/aromatic N) is 1. The Bertz CT molecular complexity index is 773. The molecule has 134 valence electrons. The molecule has 25 heavy (non-hydrogen) atoms. The monoisotopic (exact) mass is 367 g/mol. The van der Waals surface area contributed by atoms with Crippen LogP contribution in [0.5, 0.6) is 0 Å². The normalized spacial score (nSPS) is 16.8. The summed E-state index contributed by atoms with van der Waals surface area (Å²) in [6.07, 6.45) is -6.66. The van der Waals surface area contributed by atoms with Gasteiger partial charge in [0.05, 0.1) is 11.3 Å². The molecular weight excluding hydrogens is 359 g/mol. The number of carbonyl (C=O) groups excluding carboxylic acids is 1. The second-order valence-corrected chi connectivity index (χ2v) is 4.80. The molecule has 0 fully saturated rings. The van der Waals surface area contributed by atoms with Crippen molar-refractivity contribution in [1.82, 2.24) is 0 Å². The summed E-state index contributed by atoms with van der Waals surface area (Å²) in [6.45, 7) is 0. The minimum Gasteiger partial charge on any atom is -0.404 e. The van der Waals surface area contributed by atoms with E-state index < -0.39 is 46.9 Å². The van der Waals surface area contributed by atoms with Crippen LogP contribution in [0.3, 0.4) is 0 Å². The topological polar surface area (TPSA) is 38.7 Å². The minimum absolute atomic E-state index is 0.186. The highest BCUT2D eigenvalue weighted by molar-refractivity contribution is 6.10. The lowest BCUT2D eigenvalue weighted by Crippen LogP contribution is -2.20. The van der Waals surface area contributed by atoms with Gasteiger partial charge in [-0.15, -0.1) is 13.2 Å². The van der Waals surface area contributed by atoms with E-state index in [2.05, 4.69) is 9.73 Å². The number of ether oxygens (including phenoxy) is 1. The fraction of sp³-hybridized carbons (Fsp3) is 0.200. The third kappa shape index (κ3) is 5.16. The number of rotatable bonds is 2. The largest absolute Gasteiger partial charge is 0.573 e. The highest BCUT2D eigenvalue weighted by Crippen LogP contribution is 2.31. The summed E-state index contributed by atoms with van der Waals surface area (Å²) in [5.41, 5.74) is -2.61. The van der Waals surface area contributed by atoms with Crippen molar-refractivity contribution in [2.24, 2.45) is 4.99 Å². The summed E-state index contributed by atoms with van der Waals surface area (Å²) in [5.74, 6) is -3.42. The van der Waals surface area contributed by atoms with Crippen molar-refractivity contribution in [3.63, 3.8) is 0 Å². The number of alkyl halides is 6. The van der Waals surface area contributed by atoms with Crippen LogP contribution in [-0.2, 0) is 10.9 Å². The van der Waals surface area contributed by atoms with Crippen molar-refractivity contribution in [3.05, 3.63) is 59.1 Å². The minimum atomic E-state index is -5.04. The van der Waals surface area contributed by atoms with Crippen LogP contribution in [0.25, 0.3) is 0 Å². The molecule has 0 unspecified atom stereocenters. The van der Waals surface area contributed by atoms with Gasteiger partial charge in [-0.05, 0) is 24.3 Å². The second kappa shape index (κ2) is 6.69. The molecule has 0 bridgehead atoms. The first-order chi connectivity index (χ1) is 11.5. The highest BCUT2D eigenvalue weighted by atomic mass is 19.4. The predicted octanol–water partition coefficient (Wildman–Crippen LogP) is 4.81. The molecule has 0 aliphatic heterocycles. The fourth-order valence-corrected chi connectivity index (χ4v) is 1.91. The van der Waals surface area contributed by atoms with Crippen LogP contribution < -0.4 is 0 Å². The van der Waals surface area contributed by atoms with Gasteiger partial charge in [0.2, 0.25) is 0 Å². The van der Waals surface area contributed by atoms with Crippen LogP contribution in [0.2, 0.25) is 0 Å². The molecule has 1 aliphatic rings. The maximum atomic E-state index is 13.3. The number of hydrogen-bond donors (Lipinski definition) is 0. The molecule has 1 amide bonds. The molecule has 2 rings (SSSR count). The Morgan fingerprint density at radius 2 is 1.76 bits per heavy atom. The second-order valence-electron chi connectivity index (χ2n) is 4.80. The van der Waals surface area contributed by atoms with Gasteiger partial charge in [-0.25, -0.2) is 9.38 Å². The third-order valence-corrected chi connectivity index (χ3v) is 2.91. The molecule has 0 aromatic heterocycles. The lowest BCUT2D eigenvalue weighted by molar-refractivity contribution is -0.302. The summed E-state index contributed by atoms with van der Waals surface area (Å²) in [4.78, 5) is 15.3. The number of carbonyl (C=O) groups is 1. The van der Waals surface area contributed by atoms with Crippen LogP contribution in [-0.4, -0.2) is 18.0 Å². The van der Waals surface area contributed by atoms with E-state index in [0.29, 0.717) is 12.1 Å². The zero-order valence-electron chi connectivity index (χ0n) is 12.1. The van der Waals surface area contributed by atoms with Crippen LogP contribution in [0, 0.1) is 5.82 Å². The standard InChI is InChI=1S/C15H8F7NO2/c16-10-6-8(5-9(7-10)14(17,18)19)13(24)23-11-3-1-2-4-12(11)25-15(20,21)22/h1-2,4-7H,3H2. The van der Waals surface area contributed by atoms with E-state index in [9.17, 15) is 35.5 Å². The van der Waals surface area contributed by atoms with Gasteiger partial charge in [0, 0.05) is 12.0 Å². The summed E-state index contributed by atoms with van der Waals surface area (Å²) in [6, 6.07) is 1.06. The van der Waals surface area contributed by atoms with Crippen molar-refractivity contribution in [1.29, 1.82) is 0 Å². The maximum absolute atomic E-state index is 13.3. The highest BCUT2D eigenvalue weighted by Gasteiger charge is 2.34. The Kier molecular flexibility index (Phi) is 5.00. The number of hydrogen-bond acceptors (Lipinski definition) is 2. The SMILES string of the molecule is O=C(N=C1CC=CC=C1OC(F)(F)F)c1cc(F)cc(C(F)(F)F)c1. The lowest BCUT2D eigenvalue weighted by atomic mass is 10.1. The van der Waals surface area contributed by atoms with Gasteiger partial charge in [-0.2, -0.15) is 13.2 Å². The first-order valence-electron chi connectivity index (χ1n) is 6.58. The van der Waals surface area contributed by atoms with E-state index in [4.69, 9.17) is 0 Å². The molecule has 0 radical (unpaired) electrons. The van der Waals surface area contributed by atoms with E-state index in [1.165, 1.54) is 12.2 Å². The van der Waals surface area contributed by atoms with Gasteiger partial charge in [0.25, 0.3) is 5.91 Å². The van der Waals surface area contributed by atoms with Crippen molar-refractivity contribution >= 4 is 11.6 Å². The van der Waals surface area contributed by atoms with E-state index in [0.717, 1.165) is 6.08 Å². The van der Waals surface area contributed by atoms with E-state index in [1.807, 2.05) is 0 Å². The Labute approximate surface area is 136 Å². The average molecular weight is 367 g/mol. The Hall–Kier alpha value is -2.65.